The Balaban J connectivity index is 1.60. The van der Waals surface area contributed by atoms with E-state index in [9.17, 15) is 13.2 Å². The Labute approximate surface area is 166 Å². The fraction of sp³-hybridized carbons (Fsp3) is 0.318. The first-order valence-corrected chi connectivity index (χ1v) is 11.1. The highest BCUT2D eigenvalue weighted by atomic mass is 32.2. The quantitative estimate of drug-likeness (QED) is 0.757. The van der Waals surface area contributed by atoms with Gasteiger partial charge in [0.05, 0.1) is 5.41 Å². The van der Waals surface area contributed by atoms with Gasteiger partial charge in [0.2, 0.25) is 0 Å². The van der Waals surface area contributed by atoms with Crippen molar-refractivity contribution in [1.29, 1.82) is 0 Å². The highest BCUT2D eigenvalue weighted by Crippen LogP contribution is 2.24. The van der Waals surface area contributed by atoms with Gasteiger partial charge < -0.3 is 5.32 Å². The van der Waals surface area contributed by atoms with Crippen LogP contribution in [0.3, 0.4) is 0 Å². The summed E-state index contributed by atoms with van der Waals surface area (Å²) in [5.74, 6) is 0.373. The van der Waals surface area contributed by atoms with E-state index in [-0.39, 0.29) is 11.9 Å². The van der Waals surface area contributed by atoms with Crippen molar-refractivity contribution in [1.82, 2.24) is 5.32 Å². The van der Waals surface area contributed by atoms with Crippen LogP contribution in [0.4, 0.5) is 5.69 Å². The number of hydrogen-bond acceptors (Lipinski definition) is 3. The normalized spacial score (nSPS) is 20.0. The zero-order chi connectivity index (χ0) is 20.0. The summed E-state index contributed by atoms with van der Waals surface area (Å²) in [5.41, 5.74) is 1.75. The molecule has 1 aliphatic rings. The number of carbonyl (C=O) groups excluding carboxylic acids is 1. The SMILES string of the molecule is C[C@H]1CCCC[C@H]1NC(=O)c1ccc(NS(=O)(=O)/C=C/c2ccccc2)cc1. The fourth-order valence-corrected chi connectivity index (χ4v) is 4.27. The molecule has 2 aromatic carbocycles. The summed E-state index contributed by atoms with van der Waals surface area (Å²) < 4.78 is 26.9. The van der Waals surface area contributed by atoms with Gasteiger partial charge in [0.15, 0.2) is 0 Å². The molecule has 0 aromatic heterocycles. The topological polar surface area (TPSA) is 75.3 Å². The van der Waals surface area contributed by atoms with Gasteiger partial charge in [-0.2, -0.15) is 0 Å². The maximum atomic E-state index is 12.5. The van der Waals surface area contributed by atoms with E-state index in [4.69, 9.17) is 0 Å². The van der Waals surface area contributed by atoms with Crippen LogP contribution in [0.2, 0.25) is 0 Å². The van der Waals surface area contributed by atoms with E-state index < -0.39 is 10.0 Å². The summed E-state index contributed by atoms with van der Waals surface area (Å²) >= 11 is 0. The molecule has 5 nitrogen and oxygen atoms in total. The Morgan fingerprint density at radius 2 is 1.68 bits per heavy atom. The summed E-state index contributed by atoms with van der Waals surface area (Å²) in [5, 5.41) is 4.23. The van der Waals surface area contributed by atoms with E-state index in [1.807, 2.05) is 30.3 Å². The molecule has 148 valence electrons. The highest BCUT2D eigenvalue weighted by molar-refractivity contribution is 7.95. The summed E-state index contributed by atoms with van der Waals surface area (Å²) in [4.78, 5) is 12.5. The molecule has 1 saturated carbocycles. The predicted molar refractivity (Wildman–Crippen MR) is 113 cm³/mol. The van der Waals surface area contributed by atoms with Crippen LogP contribution in [0.1, 0.15) is 48.5 Å². The van der Waals surface area contributed by atoms with Crippen LogP contribution < -0.4 is 10.0 Å². The predicted octanol–water partition coefficient (Wildman–Crippen LogP) is 4.41. The van der Waals surface area contributed by atoms with Gasteiger partial charge in [0.1, 0.15) is 0 Å². The molecule has 2 atom stereocenters. The molecule has 0 radical (unpaired) electrons. The van der Waals surface area contributed by atoms with Gasteiger partial charge in [-0.05, 0) is 54.7 Å². The number of hydrogen-bond donors (Lipinski definition) is 2. The van der Waals surface area contributed by atoms with Gasteiger partial charge in [-0.3, -0.25) is 9.52 Å². The molecule has 28 heavy (non-hydrogen) atoms. The average molecular weight is 399 g/mol. The molecule has 1 aliphatic carbocycles. The van der Waals surface area contributed by atoms with Crippen molar-refractivity contribution in [3.63, 3.8) is 0 Å². The lowest BCUT2D eigenvalue weighted by Gasteiger charge is -2.29. The summed E-state index contributed by atoms with van der Waals surface area (Å²) in [6, 6.07) is 15.9. The van der Waals surface area contributed by atoms with Crippen LogP contribution in [0.15, 0.2) is 60.0 Å². The van der Waals surface area contributed by atoms with Crippen molar-refractivity contribution < 1.29 is 13.2 Å². The molecule has 0 aliphatic heterocycles. The second-order valence-corrected chi connectivity index (χ2v) is 8.85. The van der Waals surface area contributed by atoms with Crippen molar-refractivity contribution >= 4 is 27.7 Å². The van der Waals surface area contributed by atoms with Crippen LogP contribution >= 0.6 is 0 Å². The fourth-order valence-electron chi connectivity index (χ4n) is 3.40. The van der Waals surface area contributed by atoms with E-state index in [1.54, 1.807) is 24.3 Å². The maximum Gasteiger partial charge on any atom is 0.255 e. The van der Waals surface area contributed by atoms with Gasteiger partial charge >= 0.3 is 0 Å². The molecule has 2 aromatic rings. The van der Waals surface area contributed by atoms with Crippen LogP contribution in [0.25, 0.3) is 6.08 Å². The molecular weight excluding hydrogens is 372 g/mol. The average Bonchev–Trinajstić information content (AvgIpc) is 2.69. The molecule has 0 bridgehead atoms. The molecule has 0 unspecified atom stereocenters. The molecule has 3 rings (SSSR count). The van der Waals surface area contributed by atoms with Gasteiger partial charge in [0.25, 0.3) is 15.9 Å². The Bertz CT molecular complexity index is 922. The largest absolute Gasteiger partial charge is 0.349 e. The molecule has 0 heterocycles. The van der Waals surface area contributed by atoms with Gasteiger partial charge in [-0.1, -0.05) is 50.1 Å². The second-order valence-electron chi connectivity index (χ2n) is 7.28. The van der Waals surface area contributed by atoms with E-state index >= 15 is 0 Å². The minimum Gasteiger partial charge on any atom is -0.349 e. The van der Waals surface area contributed by atoms with Crippen LogP contribution in [0, 0.1) is 5.92 Å². The van der Waals surface area contributed by atoms with Crippen molar-refractivity contribution in [2.24, 2.45) is 5.92 Å². The third kappa shape index (κ3) is 5.70. The van der Waals surface area contributed by atoms with Crippen LogP contribution in [-0.4, -0.2) is 20.4 Å². The number of amides is 1. The summed E-state index contributed by atoms with van der Waals surface area (Å²) in [6.45, 7) is 2.17. The monoisotopic (exact) mass is 398 g/mol. The zero-order valence-electron chi connectivity index (χ0n) is 16.0. The van der Waals surface area contributed by atoms with Gasteiger partial charge in [0, 0.05) is 17.3 Å². The summed E-state index contributed by atoms with van der Waals surface area (Å²) in [6.07, 6.45) is 6.06. The lowest BCUT2D eigenvalue weighted by molar-refractivity contribution is 0.0910. The highest BCUT2D eigenvalue weighted by Gasteiger charge is 2.23. The number of nitrogens with one attached hydrogen (secondary N) is 2. The third-order valence-electron chi connectivity index (χ3n) is 5.07. The molecule has 1 fully saturated rings. The summed E-state index contributed by atoms with van der Waals surface area (Å²) in [7, 11) is -3.63. The number of sulfonamides is 1. The first kappa shape index (κ1) is 20.1. The standard InChI is InChI=1S/C22H26N2O3S/c1-17-7-5-6-10-21(17)23-22(25)19-11-13-20(14-12-19)24-28(26,27)16-15-18-8-3-2-4-9-18/h2-4,8-9,11-17,21,24H,5-7,10H2,1H3,(H,23,25)/b16-15+/t17-,21+/m0/s1. The number of carbonyl (C=O) groups is 1. The van der Waals surface area contributed by atoms with Crippen molar-refractivity contribution in [3.05, 3.63) is 71.1 Å². The molecule has 6 heteroatoms. The zero-order valence-corrected chi connectivity index (χ0v) is 16.8. The Morgan fingerprint density at radius 1 is 1.00 bits per heavy atom. The molecular formula is C22H26N2O3S. The van der Waals surface area contributed by atoms with E-state index in [1.165, 1.54) is 12.5 Å². The Morgan fingerprint density at radius 3 is 2.36 bits per heavy atom. The number of benzene rings is 2. The second kappa shape index (κ2) is 9.06. The van der Waals surface area contributed by atoms with E-state index in [0.717, 1.165) is 30.2 Å². The molecule has 0 spiro atoms. The lowest BCUT2D eigenvalue weighted by Crippen LogP contribution is -2.41. The maximum absolute atomic E-state index is 12.5. The third-order valence-corrected chi connectivity index (χ3v) is 6.09. The Hall–Kier alpha value is -2.60. The van der Waals surface area contributed by atoms with Crippen LogP contribution in [0.5, 0.6) is 0 Å². The number of rotatable bonds is 6. The number of anilines is 1. The van der Waals surface area contributed by atoms with Crippen molar-refractivity contribution in [3.8, 4) is 0 Å². The first-order valence-electron chi connectivity index (χ1n) is 9.60. The first-order chi connectivity index (χ1) is 13.4. The van der Waals surface area contributed by atoms with Gasteiger partial charge in [-0.15, -0.1) is 0 Å². The van der Waals surface area contributed by atoms with Crippen molar-refractivity contribution in [2.75, 3.05) is 4.72 Å². The Kier molecular flexibility index (Phi) is 6.52. The molecule has 0 saturated heterocycles. The van der Waals surface area contributed by atoms with Crippen LogP contribution in [-0.2, 0) is 10.0 Å². The van der Waals surface area contributed by atoms with Gasteiger partial charge in [-0.25, -0.2) is 8.42 Å². The van der Waals surface area contributed by atoms with E-state index in [0.29, 0.717) is 17.2 Å². The lowest BCUT2D eigenvalue weighted by atomic mass is 9.86. The van der Waals surface area contributed by atoms with E-state index in [2.05, 4.69) is 17.0 Å². The molecule has 2 N–H and O–H groups in total. The smallest absolute Gasteiger partial charge is 0.255 e. The molecule has 1 amide bonds. The van der Waals surface area contributed by atoms with Crippen molar-refractivity contribution in [2.45, 2.75) is 38.6 Å². The minimum atomic E-state index is -3.63. The minimum absolute atomic E-state index is 0.114.